The fourth-order valence-electron chi connectivity index (χ4n) is 3.25. The van der Waals surface area contributed by atoms with E-state index < -0.39 is 0 Å². The first-order valence-corrected chi connectivity index (χ1v) is 10.9. The van der Waals surface area contributed by atoms with E-state index in [0.717, 1.165) is 48.2 Å². The second-order valence-corrected chi connectivity index (χ2v) is 8.53. The summed E-state index contributed by atoms with van der Waals surface area (Å²) >= 11 is 12.3. The number of rotatable bonds is 8. The van der Waals surface area contributed by atoms with Crippen molar-refractivity contribution in [2.45, 2.75) is 46.6 Å². The smallest absolute Gasteiger partial charge is 0.251 e. The van der Waals surface area contributed by atoms with Crippen LogP contribution in [0.1, 0.15) is 50.4 Å². The first-order valence-electron chi connectivity index (χ1n) is 10.1. The number of hydrogen-bond acceptors (Lipinski definition) is 2. The van der Waals surface area contributed by atoms with Crippen molar-refractivity contribution < 1.29 is 4.79 Å². The summed E-state index contributed by atoms with van der Waals surface area (Å²) < 4.78 is 2.19. The van der Waals surface area contributed by atoms with Crippen LogP contribution in [-0.2, 0) is 6.54 Å². The van der Waals surface area contributed by atoms with Crippen LogP contribution in [0.15, 0.2) is 36.4 Å². The van der Waals surface area contributed by atoms with Gasteiger partial charge in [0.15, 0.2) is 0 Å². The van der Waals surface area contributed by atoms with Crippen LogP contribution in [-0.4, -0.2) is 22.0 Å². The van der Waals surface area contributed by atoms with Crippen LogP contribution in [0.25, 0.3) is 22.4 Å². The lowest BCUT2D eigenvalue weighted by molar-refractivity contribution is 0.0952. The molecule has 0 aliphatic heterocycles. The quantitative estimate of drug-likeness (QED) is 0.437. The summed E-state index contributed by atoms with van der Waals surface area (Å²) in [6.45, 7) is 7.98. The van der Waals surface area contributed by atoms with Crippen molar-refractivity contribution in [3.8, 4) is 11.4 Å². The minimum absolute atomic E-state index is 0.0632. The van der Waals surface area contributed by atoms with Crippen LogP contribution in [0.3, 0.4) is 0 Å². The lowest BCUT2D eigenvalue weighted by atomic mass is 10.1. The molecule has 0 spiro atoms. The van der Waals surface area contributed by atoms with Gasteiger partial charge in [0.05, 0.1) is 21.1 Å². The van der Waals surface area contributed by atoms with E-state index in [1.54, 1.807) is 6.07 Å². The molecule has 3 rings (SSSR count). The molecule has 6 heteroatoms. The van der Waals surface area contributed by atoms with Gasteiger partial charge in [-0.15, -0.1) is 0 Å². The lowest BCUT2D eigenvalue weighted by Crippen LogP contribution is -2.25. The molecule has 0 fully saturated rings. The van der Waals surface area contributed by atoms with Crippen LogP contribution in [0, 0.1) is 5.92 Å². The van der Waals surface area contributed by atoms with E-state index >= 15 is 0 Å². The Balaban J connectivity index is 1.98. The van der Waals surface area contributed by atoms with Gasteiger partial charge in [-0.05, 0) is 55.2 Å². The number of amides is 1. The minimum atomic E-state index is -0.0632. The topological polar surface area (TPSA) is 46.9 Å². The molecule has 1 heterocycles. The molecule has 29 heavy (non-hydrogen) atoms. The predicted octanol–water partition coefficient (Wildman–Crippen LogP) is 6.59. The molecule has 2 aromatic carbocycles. The maximum atomic E-state index is 12.5. The van der Waals surface area contributed by atoms with Gasteiger partial charge in [0.25, 0.3) is 5.91 Å². The van der Waals surface area contributed by atoms with Gasteiger partial charge in [0, 0.05) is 24.2 Å². The summed E-state index contributed by atoms with van der Waals surface area (Å²) in [6, 6.07) is 11.3. The molecule has 154 valence electrons. The largest absolute Gasteiger partial charge is 0.352 e. The molecule has 0 radical (unpaired) electrons. The molecule has 1 amide bonds. The average Bonchev–Trinajstić information content (AvgIpc) is 3.05. The molecule has 0 saturated carbocycles. The van der Waals surface area contributed by atoms with Crippen molar-refractivity contribution in [1.29, 1.82) is 0 Å². The zero-order valence-electron chi connectivity index (χ0n) is 17.1. The van der Waals surface area contributed by atoms with E-state index in [1.165, 1.54) is 0 Å². The number of benzene rings is 2. The van der Waals surface area contributed by atoms with Gasteiger partial charge < -0.3 is 9.88 Å². The van der Waals surface area contributed by atoms with Gasteiger partial charge in [0.2, 0.25) is 0 Å². The molecular formula is C23H27Cl2N3O. The number of carbonyl (C=O) groups is 1. The van der Waals surface area contributed by atoms with E-state index in [0.29, 0.717) is 28.1 Å². The van der Waals surface area contributed by atoms with Crippen LogP contribution < -0.4 is 5.32 Å². The second kappa shape index (κ2) is 9.64. The Morgan fingerprint density at radius 3 is 2.62 bits per heavy atom. The van der Waals surface area contributed by atoms with E-state index in [4.69, 9.17) is 28.2 Å². The third kappa shape index (κ3) is 5.12. The zero-order chi connectivity index (χ0) is 21.0. The van der Waals surface area contributed by atoms with E-state index in [-0.39, 0.29) is 5.91 Å². The van der Waals surface area contributed by atoms with Gasteiger partial charge in [-0.25, -0.2) is 4.98 Å². The van der Waals surface area contributed by atoms with Crippen molar-refractivity contribution in [2.75, 3.05) is 6.54 Å². The van der Waals surface area contributed by atoms with Crippen molar-refractivity contribution in [1.82, 2.24) is 14.9 Å². The SMILES string of the molecule is CCCCn1c(-c2ccc(Cl)c(Cl)c2)nc2cc(C(=O)NCCC(C)C)ccc21. The van der Waals surface area contributed by atoms with Crippen molar-refractivity contribution >= 4 is 40.1 Å². The summed E-state index contributed by atoms with van der Waals surface area (Å²) in [7, 11) is 0. The van der Waals surface area contributed by atoms with E-state index in [2.05, 4.69) is 30.7 Å². The first-order chi connectivity index (χ1) is 13.9. The number of nitrogens with one attached hydrogen (secondary N) is 1. The van der Waals surface area contributed by atoms with Crippen molar-refractivity contribution in [2.24, 2.45) is 5.92 Å². The molecule has 0 atom stereocenters. The molecule has 0 unspecified atom stereocenters. The highest BCUT2D eigenvalue weighted by molar-refractivity contribution is 6.42. The molecule has 4 nitrogen and oxygen atoms in total. The third-order valence-corrected chi connectivity index (χ3v) is 5.67. The first kappa shape index (κ1) is 21.7. The number of hydrogen-bond donors (Lipinski definition) is 1. The van der Waals surface area contributed by atoms with Gasteiger partial charge in [-0.1, -0.05) is 50.4 Å². The summed E-state index contributed by atoms with van der Waals surface area (Å²) in [5.41, 5.74) is 3.36. The van der Waals surface area contributed by atoms with E-state index in [9.17, 15) is 4.79 Å². The monoisotopic (exact) mass is 431 g/mol. The fraction of sp³-hybridized carbons (Fsp3) is 0.391. The molecule has 1 N–H and O–H groups in total. The Morgan fingerprint density at radius 2 is 1.93 bits per heavy atom. The van der Waals surface area contributed by atoms with Gasteiger partial charge in [0.1, 0.15) is 5.82 Å². The van der Waals surface area contributed by atoms with Crippen LogP contribution in [0.5, 0.6) is 0 Å². The number of fused-ring (bicyclic) bond motifs is 1. The Kier molecular flexibility index (Phi) is 7.20. The number of aromatic nitrogens is 2. The fourth-order valence-corrected chi connectivity index (χ4v) is 3.54. The molecular weight excluding hydrogens is 405 g/mol. The number of carbonyl (C=O) groups excluding carboxylic acids is 1. The summed E-state index contributed by atoms with van der Waals surface area (Å²) in [5, 5.41) is 4.01. The maximum absolute atomic E-state index is 12.5. The highest BCUT2D eigenvalue weighted by Crippen LogP contribution is 2.31. The van der Waals surface area contributed by atoms with Crippen LogP contribution in [0.2, 0.25) is 10.0 Å². The van der Waals surface area contributed by atoms with Crippen molar-refractivity contribution in [3.63, 3.8) is 0 Å². The molecule has 0 aliphatic carbocycles. The Morgan fingerprint density at radius 1 is 1.14 bits per heavy atom. The molecule has 0 saturated heterocycles. The van der Waals surface area contributed by atoms with Crippen molar-refractivity contribution in [3.05, 3.63) is 52.0 Å². The second-order valence-electron chi connectivity index (χ2n) is 7.71. The van der Waals surface area contributed by atoms with Gasteiger partial charge >= 0.3 is 0 Å². The zero-order valence-corrected chi connectivity index (χ0v) is 18.6. The Hall–Kier alpha value is -2.04. The number of aryl methyl sites for hydroxylation is 1. The lowest BCUT2D eigenvalue weighted by Gasteiger charge is -2.10. The minimum Gasteiger partial charge on any atom is -0.352 e. The summed E-state index contributed by atoms with van der Waals surface area (Å²) in [4.78, 5) is 17.3. The molecule has 0 bridgehead atoms. The average molecular weight is 432 g/mol. The summed E-state index contributed by atoms with van der Waals surface area (Å²) in [5.74, 6) is 1.33. The van der Waals surface area contributed by atoms with E-state index in [1.807, 2.05) is 30.3 Å². The third-order valence-electron chi connectivity index (χ3n) is 4.93. The predicted molar refractivity (Wildman–Crippen MR) is 122 cm³/mol. The Labute approximate surface area is 182 Å². The number of halogens is 2. The normalized spacial score (nSPS) is 11.4. The van der Waals surface area contributed by atoms with Gasteiger partial charge in [-0.3, -0.25) is 4.79 Å². The highest BCUT2D eigenvalue weighted by Gasteiger charge is 2.15. The van der Waals surface area contributed by atoms with Crippen LogP contribution in [0.4, 0.5) is 0 Å². The molecule has 0 aliphatic rings. The standard InChI is InChI=1S/C23H27Cl2N3O/c1-4-5-12-28-21-9-7-17(23(29)26-11-10-15(2)3)14-20(21)27-22(28)16-6-8-18(24)19(25)13-16/h6-9,13-15H,4-5,10-12H2,1-3H3,(H,26,29). The number of unbranched alkanes of at least 4 members (excludes halogenated alkanes) is 1. The Bertz CT molecular complexity index is 1010. The molecule has 3 aromatic rings. The maximum Gasteiger partial charge on any atom is 0.251 e. The van der Waals surface area contributed by atoms with Crippen LogP contribution >= 0.6 is 23.2 Å². The molecule has 1 aromatic heterocycles. The number of nitrogens with zero attached hydrogens (tertiary/aromatic N) is 2. The number of imidazole rings is 1. The van der Waals surface area contributed by atoms with Gasteiger partial charge in [-0.2, -0.15) is 0 Å². The summed E-state index contributed by atoms with van der Waals surface area (Å²) in [6.07, 6.45) is 3.08. The highest BCUT2D eigenvalue weighted by atomic mass is 35.5.